The maximum absolute atomic E-state index is 10.9. The van der Waals surface area contributed by atoms with Crippen molar-refractivity contribution in [2.24, 2.45) is 5.92 Å². The minimum atomic E-state index is -0.155. The molecule has 12 heavy (non-hydrogen) atoms. The molecule has 0 fully saturated rings. The van der Waals surface area contributed by atoms with Gasteiger partial charge in [-0.2, -0.15) is 0 Å². The van der Waals surface area contributed by atoms with Crippen molar-refractivity contribution in [2.75, 3.05) is 13.2 Å². The highest BCUT2D eigenvalue weighted by molar-refractivity contribution is 5.71. The summed E-state index contributed by atoms with van der Waals surface area (Å²) in [5, 5.41) is 10.0. The van der Waals surface area contributed by atoms with Gasteiger partial charge in [-0.25, -0.2) is 5.11 Å². The van der Waals surface area contributed by atoms with Crippen LogP contribution in [0.15, 0.2) is 0 Å². The van der Waals surface area contributed by atoms with Gasteiger partial charge in [-0.05, 0) is 19.3 Å². The van der Waals surface area contributed by atoms with E-state index in [1.165, 1.54) is 0 Å². The molecular weight excluding hydrogens is 156 g/mol. The lowest BCUT2D eigenvalue weighted by Gasteiger charge is -2.05. The Morgan fingerprint density at radius 2 is 1.92 bits per heavy atom. The highest BCUT2D eigenvalue weighted by Crippen LogP contribution is 1.99. The summed E-state index contributed by atoms with van der Waals surface area (Å²) in [6, 6.07) is 0. The van der Waals surface area contributed by atoms with Crippen LogP contribution in [0.5, 0.6) is 0 Å². The van der Waals surface area contributed by atoms with E-state index in [9.17, 15) is 9.90 Å². The first-order valence-corrected chi connectivity index (χ1v) is 4.43. The van der Waals surface area contributed by atoms with E-state index < -0.39 is 0 Å². The highest BCUT2D eigenvalue weighted by Gasteiger charge is 2.06. The molecule has 0 amide bonds. The molecule has 0 rings (SSSR count). The molecule has 0 atom stereocenters. The Balaban J connectivity index is 3.14. The summed E-state index contributed by atoms with van der Waals surface area (Å²) in [5.41, 5.74) is 0. The van der Waals surface area contributed by atoms with Crippen LogP contribution in [0.4, 0.5) is 0 Å². The Bertz CT molecular complexity index is 121. The van der Waals surface area contributed by atoms with E-state index in [0.717, 1.165) is 12.8 Å². The van der Waals surface area contributed by atoms with Crippen LogP contribution in [-0.2, 0) is 14.6 Å². The third-order valence-electron chi connectivity index (χ3n) is 1.50. The maximum Gasteiger partial charge on any atom is 0.308 e. The first-order valence-electron chi connectivity index (χ1n) is 4.43. The van der Waals surface area contributed by atoms with Gasteiger partial charge in [0.15, 0.2) is 0 Å². The van der Waals surface area contributed by atoms with Gasteiger partial charge in [-0.1, -0.05) is 13.8 Å². The van der Waals surface area contributed by atoms with E-state index in [2.05, 4.69) is 0 Å². The van der Waals surface area contributed by atoms with Crippen LogP contribution >= 0.6 is 0 Å². The molecule has 0 aromatic carbocycles. The minimum absolute atomic E-state index is 0.0296. The Morgan fingerprint density at radius 3 is 2.42 bits per heavy atom. The van der Waals surface area contributed by atoms with E-state index in [1.54, 1.807) is 13.8 Å². The van der Waals surface area contributed by atoms with Gasteiger partial charge in [0, 0.05) is 0 Å². The Kier molecular flexibility index (Phi) is 6.76. The number of carbonyl (C=O) groups is 1. The summed E-state index contributed by atoms with van der Waals surface area (Å²) in [6.45, 7) is 4.04. The van der Waals surface area contributed by atoms with Crippen molar-refractivity contribution in [3.05, 3.63) is 0 Å². The second-order valence-corrected chi connectivity index (χ2v) is 3.09. The molecule has 0 unspecified atom stereocenters. The topological polar surface area (TPSA) is 46.2 Å². The number of rotatable bonds is 6. The molecule has 0 heterocycles. The second kappa shape index (κ2) is 7.10. The summed E-state index contributed by atoms with van der Waals surface area (Å²) >= 11 is 0. The number of carbonyl (C=O) groups excluding carboxylic acids is 1. The van der Waals surface area contributed by atoms with Crippen LogP contribution in [0.2, 0.25) is 0 Å². The van der Waals surface area contributed by atoms with E-state index in [0.29, 0.717) is 13.0 Å². The van der Waals surface area contributed by atoms with Gasteiger partial charge in [0.25, 0.3) is 0 Å². The smallest absolute Gasteiger partial charge is 0.308 e. The van der Waals surface area contributed by atoms with Crippen molar-refractivity contribution in [1.82, 2.24) is 0 Å². The molecule has 0 aliphatic heterocycles. The van der Waals surface area contributed by atoms with Crippen LogP contribution in [0.1, 0.15) is 33.1 Å². The number of unbranched alkanes of at least 4 members (excludes halogenated alkanes) is 2. The molecule has 0 N–H and O–H groups in total. The van der Waals surface area contributed by atoms with Crippen LogP contribution < -0.4 is 0 Å². The van der Waals surface area contributed by atoms with Crippen LogP contribution in [0, 0.1) is 5.92 Å². The van der Waals surface area contributed by atoms with Crippen molar-refractivity contribution >= 4 is 5.97 Å². The summed E-state index contributed by atoms with van der Waals surface area (Å²) in [7, 11) is 0. The average molecular weight is 173 g/mol. The van der Waals surface area contributed by atoms with Crippen LogP contribution in [0.25, 0.3) is 0 Å². The molecule has 1 radical (unpaired) electrons. The molecule has 0 saturated carbocycles. The van der Waals surface area contributed by atoms with Crippen LogP contribution in [0.3, 0.4) is 0 Å². The molecule has 0 bridgehead atoms. The van der Waals surface area contributed by atoms with Gasteiger partial charge in [-0.3, -0.25) is 4.79 Å². The third-order valence-corrected chi connectivity index (χ3v) is 1.50. The quantitative estimate of drug-likeness (QED) is 0.454. The van der Waals surface area contributed by atoms with Gasteiger partial charge >= 0.3 is 5.97 Å². The molecule has 0 spiro atoms. The fraction of sp³-hybridized carbons (Fsp3) is 0.889. The lowest BCUT2D eigenvalue weighted by molar-refractivity contribution is -0.147. The maximum atomic E-state index is 10.9. The fourth-order valence-corrected chi connectivity index (χ4v) is 0.720. The van der Waals surface area contributed by atoms with E-state index in [-0.39, 0.29) is 18.5 Å². The summed E-state index contributed by atoms with van der Waals surface area (Å²) < 4.78 is 4.91. The van der Waals surface area contributed by atoms with Gasteiger partial charge in [0.2, 0.25) is 0 Å². The lowest BCUT2D eigenvalue weighted by Crippen LogP contribution is -2.12. The molecule has 0 aromatic heterocycles. The normalized spacial score (nSPS) is 10.3. The van der Waals surface area contributed by atoms with Crippen molar-refractivity contribution in [1.29, 1.82) is 0 Å². The number of hydrogen-bond acceptors (Lipinski definition) is 2. The van der Waals surface area contributed by atoms with E-state index in [1.807, 2.05) is 0 Å². The van der Waals surface area contributed by atoms with Gasteiger partial charge < -0.3 is 4.74 Å². The Morgan fingerprint density at radius 1 is 1.25 bits per heavy atom. The zero-order valence-electron chi connectivity index (χ0n) is 7.84. The molecule has 71 valence electrons. The molecule has 0 aromatic rings. The van der Waals surface area contributed by atoms with E-state index in [4.69, 9.17) is 4.74 Å². The van der Waals surface area contributed by atoms with Crippen molar-refractivity contribution in [3.8, 4) is 0 Å². The standard InChI is InChI=1S/C9H17O3/c1-8(2)9(11)12-7-5-3-4-6-10/h8H,3-7H2,1-2H3. The predicted molar refractivity (Wildman–Crippen MR) is 45.2 cm³/mol. The van der Waals surface area contributed by atoms with Gasteiger partial charge in [0.1, 0.15) is 0 Å². The van der Waals surface area contributed by atoms with Gasteiger partial charge in [-0.15, -0.1) is 0 Å². The monoisotopic (exact) mass is 173 g/mol. The Labute approximate surface area is 73.7 Å². The van der Waals surface area contributed by atoms with Crippen LogP contribution in [-0.4, -0.2) is 19.2 Å². The van der Waals surface area contributed by atoms with Crippen molar-refractivity contribution in [2.45, 2.75) is 33.1 Å². The molecule has 0 aliphatic carbocycles. The molecule has 3 heteroatoms. The van der Waals surface area contributed by atoms with Crippen molar-refractivity contribution < 1.29 is 14.6 Å². The average Bonchev–Trinajstić information content (AvgIpc) is 2.03. The molecule has 0 saturated heterocycles. The summed E-state index contributed by atoms with van der Waals surface area (Å²) in [4.78, 5) is 10.9. The predicted octanol–water partition coefficient (Wildman–Crippen LogP) is 1.79. The molecule has 3 nitrogen and oxygen atoms in total. The Hall–Kier alpha value is -0.570. The van der Waals surface area contributed by atoms with Gasteiger partial charge in [0.05, 0.1) is 19.1 Å². The zero-order chi connectivity index (χ0) is 9.40. The van der Waals surface area contributed by atoms with E-state index >= 15 is 0 Å². The fourth-order valence-electron chi connectivity index (χ4n) is 0.720. The second-order valence-electron chi connectivity index (χ2n) is 3.09. The molecule has 0 aliphatic rings. The molecular formula is C9H17O3. The lowest BCUT2D eigenvalue weighted by atomic mass is 10.2. The number of hydrogen-bond donors (Lipinski definition) is 0. The largest absolute Gasteiger partial charge is 0.465 e. The zero-order valence-corrected chi connectivity index (χ0v) is 7.84. The highest BCUT2D eigenvalue weighted by atomic mass is 16.5. The summed E-state index contributed by atoms with van der Waals surface area (Å²) in [5.74, 6) is -0.207. The summed E-state index contributed by atoms with van der Waals surface area (Å²) in [6.07, 6.45) is 2.34. The minimum Gasteiger partial charge on any atom is -0.465 e. The first kappa shape index (κ1) is 11.4. The first-order chi connectivity index (χ1) is 5.68. The number of ether oxygens (including phenoxy) is 1. The number of esters is 1. The van der Waals surface area contributed by atoms with Crippen molar-refractivity contribution in [3.63, 3.8) is 0 Å². The SMILES string of the molecule is CC(C)C(=O)OCCCCC[O]. The third kappa shape index (κ3) is 6.16.